The average Bonchev–Trinajstić information content (AvgIpc) is 2.33. The van der Waals surface area contributed by atoms with Crippen molar-refractivity contribution in [1.82, 2.24) is 0 Å². The van der Waals surface area contributed by atoms with Crippen LogP contribution in [0.4, 0.5) is 10.1 Å². The summed E-state index contributed by atoms with van der Waals surface area (Å²) in [5, 5.41) is 3.19. The Hall–Kier alpha value is -1.10. The monoisotopic (exact) mass is 361 g/mol. The van der Waals surface area contributed by atoms with Gasteiger partial charge < -0.3 is 5.32 Å². The minimum Gasteiger partial charge on any atom is -0.321 e. The first-order chi connectivity index (χ1) is 8.97. The quantitative estimate of drug-likeness (QED) is 0.786. The number of amides is 1. The Morgan fingerprint density at radius 1 is 1.16 bits per heavy atom. The second kappa shape index (κ2) is 5.90. The van der Waals surface area contributed by atoms with Crippen LogP contribution in [-0.4, -0.2) is 5.91 Å². The van der Waals surface area contributed by atoms with Gasteiger partial charge in [-0.15, -0.1) is 0 Å². The summed E-state index contributed by atoms with van der Waals surface area (Å²) in [6.07, 6.45) is 0. The summed E-state index contributed by atoms with van der Waals surface area (Å²) in [6, 6.07) is 8.58. The molecule has 0 saturated heterocycles. The van der Waals surface area contributed by atoms with E-state index in [0.717, 1.165) is 6.07 Å². The van der Waals surface area contributed by atoms with Crippen molar-refractivity contribution in [3.8, 4) is 0 Å². The number of carbonyl (C=O) groups is 1. The summed E-state index contributed by atoms with van der Waals surface area (Å²) in [5.74, 6) is -0.932. The molecule has 0 radical (unpaired) electrons. The molecule has 0 aliphatic rings. The van der Waals surface area contributed by atoms with Gasteiger partial charge in [-0.3, -0.25) is 4.79 Å². The fraction of sp³-hybridized carbons (Fsp3) is 0. The molecule has 1 N–H and O–H groups in total. The average molecular weight is 363 g/mol. The van der Waals surface area contributed by atoms with Gasteiger partial charge in [-0.05, 0) is 52.3 Å². The highest BCUT2D eigenvalue weighted by Crippen LogP contribution is 2.27. The van der Waals surface area contributed by atoms with Crippen LogP contribution >= 0.6 is 39.1 Å². The molecule has 0 aliphatic heterocycles. The number of rotatable bonds is 2. The molecular weight excluding hydrogens is 356 g/mol. The molecule has 0 aromatic heterocycles. The van der Waals surface area contributed by atoms with Gasteiger partial charge in [0.05, 0.1) is 16.3 Å². The second-order valence-corrected chi connectivity index (χ2v) is 5.40. The van der Waals surface area contributed by atoms with Gasteiger partial charge >= 0.3 is 0 Å². The molecule has 0 aliphatic carbocycles. The maximum atomic E-state index is 12.9. The highest BCUT2D eigenvalue weighted by molar-refractivity contribution is 9.10. The molecule has 2 aromatic carbocycles. The smallest absolute Gasteiger partial charge is 0.257 e. The van der Waals surface area contributed by atoms with E-state index in [9.17, 15) is 9.18 Å². The third kappa shape index (κ3) is 3.47. The summed E-state index contributed by atoms with van der Waals surface area (Å²) < 4.78 is 13.6. The van der Waals surface area contributed by atoms with E-state index >= 15 is 0 Å². The third-order valence-electron chi connectivity index (χ3n) is 2.35. The van der Waals surface area contributed by atoms with Gasteiger partial charge in [-0.25, -0.2) is 4.39 Å². The highest BCUT2D eigenvalue weighted by Gasteiger charge is 2.12. The van der Waals surface area contributed by atoms with E-state index in [0.29, 0.717) is 15.2 Å². The van der Waals surface area contributed by atoms with Crippen molar-refractivity contribution in [1.29, 1.82) is 0 Å². The number of nitrogens with one attached hydrogen (secondary N) is 1. The molecule has 0 atom stereocenters. The van der Waals surface area contributed by atoms with Crippen LogP contribution in [0.2, 0.25) is 10.0 Å². The van der Waals surface area contributed by atoms with E-state index in [2.05, 4.69) is 21.2 Å². The molecule has 1 amide bonds. The zero-order valence-corrected chi connectivity index (χ0v) is 12.5. The zero-order chi connectivity index (χ0) is 14.0. The number of anilines is 1. The van der Waals surface area contributed by atoms with Crippen molar-refractivity contribution in [2.45, 2.75) is 0 Å². The van der Waals surface area contributed by atoms with Crippen LogP contribution < -0.4 is 5.32 Å². The van der Waals surface area contributed by atoms with E-state index < -0.39 is 11.7 Å². The SMILES string of the molecule is O=C(Nc1cc(Cl)ccc1Br)c1ccc(F)cc1Cl. The van der Waals surface area contributed by atoms with Gasteiger partial charge in [-0.2, -0.15) is 0 Å². The van der Waals surface area contributed by atoms with Crippen LogP contribution in [0, 0.1) is 5.82 Å². The minimum atomic E-state index is -0.495. The molecule has 0 spiro atoms. The zero-order valence-electron chi connectivity index (χ0n) is 9.38. The first-order valence-corrected chi connectivity index (χ1v) is 6.74. The van der Waals surface area contributed by atoms with Crippen molar-refractivity contribution < 1.29 is 9.18 Å². The Bertz CT molecular complexity index is 649. The van der Waals surface area contributed by atoms with Gasteiger partial charge in [-0.1, -0.05) is 23.2 Å². The van der Waals surface area contributed by atoms with Gasteiger partial charge in [0.1, 0.15) is 5.82 Å². The molecule has 0 bridgehead atoms. The molecule has 6 heteroatoms. The molecule has 98 valence electrons. The van der Waals surface area contributed by atoms with E-state index in [1.807, 2.05) is 0 Å². The lowest BCUT2D eigenvalue weighted by Crippen LogP contribution is -2.13. The van der Waals surface area contributed by atoms with Crippen LogP contribution in [0.25, 0.3) is 0 Å². The van der Waals surface area contributed by atoms with Crippen LogP contribution in [0.5, 0.6) is 0 Å². The van der Waals surface area contributed by atoms with E-state index in [1.54, 1.807) is 18.2 Å². The molecule has 0 heterocycles. The number of carbonyl (C=O) groups excluding carboxylic acids is 1. The Morgan fingerprint density at radius 3 is 2.58 bits per heavy atom. The second-order valence-electron chi connectivity index (χ2n) is 3.70. The summed E-state index contributed by atoms with van der Waals surface area (Å²) >= 11 is 15.0. The highest BCUT2D eigenvalue weighted by atomic mass is 79.9. The molecule has 2 nitrogen and oxygen atoms in total. The first kappa shape index (κ1) is 14.3. The summed E-state index contributed by atoms with van der Waals surface area (Å²) in [6.45, 7) is 0. The molecule has 2 rings (SSSR count). The number of hydrogen-bond acceptors (Lipinski definition) is 1. The minimum absolute atomic E-state index is 0.0515. The van der Waals surface area contributed by atoms with Gasteiger partial charge in [0.15, 0.2) is 0 Å². The first-order valence-electron chi connectivity index (χ1n) is 5.19. The Morgan fingerprint density at radius 2 is 1.89 bits per heavy atom. The van der Waals surface area contributed by atoms with Gasteiger partial charge in [0.2, 0.25) is 0 Å². The number of hydrogen-bond donors (Lipinski definition) is 1. The van der Waals surface area contributed by atoms with Crippen molar-refractivity contribution in [3.05, 3.63) is 62.3 Å². The lowest BCUT2D eigenvalue weighted by molar-refractivity contribution is 0.102. The van der Waals surface area contributed by atoms with Crippen LogP contribution in [0.15, 0.2) is 40.9 Å². The molecule has 0 unspecified atom stereocenters. The number of halogens is 4. The van der Waals surface area contributed by atoms with Crippen LogP contribution in [-0.2, 0) is 0 Å². The van der Waals surface area contributed by atoms with Crippen molar-refractivity contribution in [3.63, 3.8) is 0 Å². The predicted molar refractivity (Wildman–Crippen MR) is 78.5 cm³/mol. The van der Waals surface area contributed by atoms with Crippen molar-refractivity contribution in [2.75, 3.05) is 5.32 Å². The predicted octanol–water partition coefficient (Wildman–Crippen LogP) is 5.15. The summed E-state index contributed by atoms with van der Waals surface area (Å²) in [7, 11) is 0. The Kier molecular flexibility index (Phi) is 4.45. The standard InChI is InChI=1S/C13H7BrCl2FNO/c14-10-4-1-7(15)5-12(10)18-13(19)9-3-2-8(17)6-11(9)16/h1-6H,(H,18,19). The molecule has 0 fully saturated rings. The molecule has 19 heavy (non-hydrogen) atoms. The van der Waals surface area contributed by atoms with Crippen molar-refractivity contribution >= 4 is 50.7 Å². The van der Waals surface area contributed by atoms with Gasteiger partial charge in [0.25, 0.3) is 5.91 Å². The topological polar surface area (TPSA) is 29.1 Å². The Balaban J connectivity index is 2.28. The molecule has 2 aromatic rings. The van der Waals surface area contributed by atoms with Crippen LogP contribution in [0.3, 0.4) is 0 Å². The summed E-state index contributed by atoms with van der Waals surface area (Å²) in [4.78, 5) is 12.0. The fourth-order valence-corrected chi connectivity index (χ4v) is 2.23. The summed E-state index contributed by atoms with van der Waals surface area (Å²) in [5.41, 5.74) is 0.702. The van der Waals surface area contributed by atoms with E-state index in [4.69, 9.17) is 23.2 Å². The lowest BCUT2D eigenvalue weighted by atomic mass is 10.2. The van der Waals surface area contributed by atoms with E-state index in [-0.39, 0.29) is 10.6 Å². The fourth-order valence-electron chi connectivity index (χ4n) is 1.46. The molecule has 0 saturated carbocycles. The maximum absolute atomic E-state index is 12.9. The largest absolute Gasteiger partial charge is 0.321 e. The van der Waals surface area contributed by atoms with Crippen LogP contribution in [0.1, 0.15) is 10.4 Å². The Labute approximate surface area is 127 Å². The van der Waals surface area contributed by atoms with E-state index in [1.165, 1.54) is 12.1 Å². The third-order valence-corrected chi connectivity index (χ3v) is 3.59. The molecular formula is C13H7BrCl2FNO. The maximum Gasteiger partial charge on any atom is 0.257 e. The van der Waals surface area contributed by atoms with Crippen molar-refractivity contribution in [2.24, 2.45) is 0 Å². The number of benzene rings is 2. The normalized spacial score (nSPS) is 10.3. The lowest BCUT2D eigenvalue weighted by Gasteiger charge is -2.09. The van der Waals surface area contributed by atoms with Gasteiger partial charge in [0, 0.05) is 9.50 Å².